The highest BCUT2D eigenvalue weighted by Crippen LogP contribution is 2.23. The Morgan fingerprint density at radius 1 is 1.05 bits per heavy atom. The van der Waals surface area contributed by atoms with Crippen molar-refractivity contribution in [1.82, 2.24) is 0 Å². The van der Waals surface area contributed by atoms with E-state index in [1.165, 1.54) is 41.5 Å². The van der Waals surface area contributed by atoms with Crippen molar-refractivity contribution in [2.24, 2.45) is 0 Å². The van der Waals surface area contributed by atoms with Gasteiger partial charge >= 0.3 is 0 Å². The molecular formula is C19H23. The van der Waals surface area contributed by atoms with E-state index in [-0.39, 0.29) is 0 Å². The van der Waals surface area contributed by atoms with E-state index in [0.717, 1.165) is 0 Å². The predicted octanol–water partition coefficient (Wildman–Crippen LogP) is 5.62. The summed E-state index contributed by atoms with van der Waals surface area (Å²) in [6.45, 7) is 6.69. The Kier molecular flexibility index (Phi) is 4.79. The maximum absolute atomic E-state index is 3.35. The van der Waals surface area contributed by atoms with Crippen LogP contribution in [0.4, 0.5) is 0 Å². The zero-order valence-corrected chi connectivity index (χ0v) is 12.2. The lowest BCUT2D eigenvalue weighted by Crippen LogP contribution is -1.88. The first-order valence-corrected chi connectivity index (χ1v) is 7.31. The maximum atomic E-state index is 3.35. The van der Waals surface area contributed by atoms with E-state index in [1.54, 1.807) is 0 Å². The molecule has 0 N–H and O–H groups in total. The molecule has 0 saturated carbocycles. The van der Waals surface area contributed by atoms with Gasteiger partial charge in [-0.3, -0.25) is 0 Å². The van der Waals surface area contributed by atoms with Crippen molar-refractivity contribution in [2.45, 2.75) is 46.0 Å². The number of rotatable bonds is 5. The third kappa shape index (κ3) is 3.70. The number of benzene rings is 2. The van der Waals surface area contributed by atoms with Crippen molar-refractivity contribution in [1.29, 1.82) is 0 Å². The smallest absolute Gasteiger partial charge is 0.00990 e. The predicted molar refractivity (Wildman–Crippen MR) is 83.4 cm³/mol. The molecule has 0 spiro atoms. The standard InChI is InChI=1S/C19H23/c1-4-5-7-16-8-6-9-19(14-16)18-12-10-17(11-13-18)15(2)3/h6,8,10-15H,4-5,7H2,1-3H3. The highest BCUT2D eigenvalue weighted by molar-refractivity contribution is 5.63. The Labute approximate surface area is 117 Å². The van der Waals surface area contributed by atoms with Crippen molar-refractivity contribution in [3.63, 3.8) is 0 Å². The summed E-state index contributed by atoms with van der Waals surface area (Å²) >= 11 is 0. The molecule has 19 heavy (non-hydrogen) atoms. The largest absolute Gasteiger partial charge is 0.0654 e. The molecule has 99 valence electrons. The van der Waals surface area contributed by atoms with Crippen molar-refractivity contribution in [3.8, 4) is 11.1 Å². The van der Waals surface area contributed by atoms with Crippen LogP contribution in [0, 0.1) is 6.07 Å². The number of hydrogen-bond donors (Lipinski definition) is 0. The fourth-order valence-electron chi connectivity index (χ4n) is 2.26. The molecule has 0 bridgehead atoms. The van der Waals surface area contributed by atoms with Gasteiger partial charge in [0.25, 0.3) is 0 Å². The molecule has 0 heteroatoms. The lowest BCUT2D eigenvalue weighted by molar-refractivity contribution is 0.795. The summed E-state index contributed by atoms with van der Waals surface area (Å²) in [5.41, 5.74) is 5.29. The summed E-state index contributed by atoms with van der Waals surface area (Å²) in [5.74, 6) is 0.592. The number of unbranched alkanes of at least 4 members (excludes halogenated alkanes) is 1. The van der Waals surface area contributed by atoms with Gasteiger partial charge in [-0.1, -0.05) is 69.7 Å². The minimum absolute atomic E-state index is 0.592. The molecule has 0 unspecified atom stereocenters. The van der Waals surface area contributed by atoms with E-state index in [2.05, 4.69) is 69.3 Å². The van der Waals surface area contributed by atoms with Gasteiger partial charge in [-0.2, -0.15) is 0 Å². The van der Waals surface area contributed by atoms with Crippen LogP contribution in [0.3, 0.4) is 0 Å². The highest BCUT2D eigenvalue weighted by Gasteiger charge is 2.02. The van der Waals surface area contributed by atoms with E-state index >= 15 is 0 Å². The lowest BCUT2D eigenvalue weighted by Gasteiger charge is -2.08. The average molecular weight is 251 g/mol. The fraction of sp³-hybridized carbons (Fsp3) is 0.368. The van der Waals surface area contributed by atoms with Crippen LogP contribution in [0.2, 0.25) is 0 Å². The van der Waals surface area contributed by atoms with Gasteiger partial charge in [0.1, 0.15) is 0 Å². The lowest BCUT2D eigenvalue weighted by atomic mass is 9.97. The van der Waals surface area contributed by atoms with Crippen molar-refractivity contribution < 1.29 is 0 Å². The van der Waals surface area contributed by atoms with Crippen LogP contribution in [-0.2, 0) is 6.42 Å². The summed E-state index contributed by atoms with van der Waals surface area (Å²) in [5, 5.41) is 0. The molecule has 0 heterocycles. The molecule has 1 radical (unpaired) electrons. The molecule has 0 aliphatic carbocycles. The Balaban J connectivity index is 2.21. The molecule has 0 nitrogen and oxygen atoms in total. The molecule has 2 aromatic carbocycles. The highest BCUT2D eigenvalue weighted by atomic mass is 14.1. The monoisotopic (exact) mass is 251 g/mol. The van der Waals surface area contributed by atoms with E-state index in [1.807, 2.05) is 0 Å². The average Bonchev–Trinajstić information content (AvgIpc) is 2.45. The second-order valence-electron chi connectivity index (χ2n) is 5.49. The Bertz CT molecular complexity index is 506. The zero-order valence-electron chi connectivity index (χ0n) is 12.2. The third-order valence-corrected chi connectivity index (χ3v) is 3.57. The van der Waals surface area contributed by atoms with Gasteiger partial charge in [-0.25, -0.2) is 0 Å². The first-order valence-electron chi connectivity index (χ1n) is 7.31. The summed E-state index contributed by atoms with van der Waals surface area (Å²) in [6.07, 6.45) is 3.68. The minimum atomic E-state index is 0.592. The SMILES string of the molecule is CCCCc1cc[c]c(-c2ccc(C(C)C)cc2)c1. The Hall–Kier alpha value is -1.56. The Morgan fingerprint density at radius 2 is 1.79 bits per heavy atom. The molecule has 0 saturated heterocycles. The third-order valence-electron chi connectivity index (χ3n) is 3.57. The molecule has 0 aliphatic heterocycles. The quantitative estimate of drug-likeness (QED) is 0.647. The van der Waals surface area contributed by atoms with Gasteiger partial charge in [-0.05, 0) is 47.1 Å². The van der Waals surface area contributed by atoms with E-state index in [9.17, 15) is 0 Å². The van der Waals surface area contributed by atoms with Gasteiger partial charge in [0.2, 0.25) is 0 Å². The van der Waals surface area contributed by atoms with Crippen molar-refractivity contribution in [3.05, 3.63) is 59.7 Å². The second kappa shape index (κ2) is 6.56. The number of hydrogen-bond acceptors (Lipinski definition) is 0. The molecule has 0 aromatic heterocycles. The van der Waals surface area contributed by atoms with Crippen LogP contribution in [0.25, 0.3) is 11.1 Å². The molecule has 2 rings (SSSR count). The van der Waals surface area contributed by atoms with E-state index in [4.69, 9.17) is 0 Å². The topological polar surface area (TPSA) is 0 Å². The molecule has 0 atom stereocenters. The molecule has 0 aliphatic rings. The van der Waals surface area contributed by atoms with Crippen LogP contribution in [-0.4, -0.2) is 0 Å². The van der Waals surface area contributed by atoms with Gasteiger partial charge in [0, 0.05) is 0 Å². The van der Waals surface area contributed by atoms with Crippen LogP contribution >= 0.6 is 0 Å². The van der Waals surface area contributed by atoms with Crippen LogP contribution in [0.5, 0.6) is 0 Å². The van der Waals surface area contributed by atoms with E-state index in [0.29, 0.717) is 5.92 Å². The molecule has 2 aromatic rings. The normalized spacial score (nSPS) is 10.9. The van der Waals surface area contributed by atoms with E-state index < -0.39 is 0 Å². The summed E-state index contributed by atoms with van der Waals surface area (Å²) in [7, 11) is 0. The summed E-state index contributed by atoms with van der Waals surface area (Å²) in [6, 6.07) is 18.7. The minimum Gasteiger partial charge on any atom is -0.0654 e. The van der Waals surface area contributed by atoms with Gasteiger partial charge in [0.05, 0.1) is 0 Å². The van der Waals surface area contributed by atoms with Crippen LogP contribution in [0.1, 0.15) is 50.7 Å². The van der Waals surface area contributed by atoms with Crippen molar-refractivity contribution in [2.75, 3.05) is 0 Å². The zero-order chi connectivity index (χ0) is 13.7. The summed E-state index contributed by atoms with van der Waals surface area (Å²) in [4.78, 5) is 0. The molecule has 0 amide bonds. The fourth-order valence-corrected chi connectivity index (χ4v) is 2.26. The van der Waals surface area contributed by atoms with Gasteiger partial charge in [-0.15, -0.1) is 0 Å². The van der Waals surface area contributed by atoms with Crippen molar-refractivity contribution >= 4 is 0 Å². The van der Waals surface area contributed by atoms with Gasteiger partial charge < -0.3 is 0 Å². The molecule has 0 fully saturated rings. The first kappa shape index (κ1) is 13.9. The second-order valence-corrected chi connectivity index (χ2v) is 5.49. The van der Waals surface area contributed by atoms with Crippen LogP contribution in [0.15, 0.2) is 42.5 Å². The van der Waals surface area contributed by atoms with Crippen LogP contribution < -0.4 is 0 Å². The molecular weight excluding hydrogens is 228 g/mol. The Morgan fingerprint density at radius 3 is 2.42 bits per heavy atom. The maximum Gasteiger partial charge on any atom is -0.00990 e. The van der Waals surface area contributed by atoms with Gasteiger partial charge in [0.15, 0.2) is 0 Å². The first-order chi connectivity index (χ1) is 9.20. The summed E-state index contributed by atoms with van der Waals surface area (Å²) < 4.78 is 0. The number of aryl methyl sites for hydroxylation is 1.